The molecule has 6 heteroatoms. The van der Waals surface area contributed by atoms with Crippen molar-refractivity contribution in [1.29, 1.82) is 0 Å². The van der Waals surface area contributed by atoms with Crippen LogP contribution in [-0.4, -0.2) is 48.1 Å². The minimum atomic E-state index is -0.501. The van der Waals surface area contributed by atoms with Gasteiger partial charge in [0.1, 0.15) is 5.82 Å². The Balaban J connectivity index is 1.65. The van der Waals surface area contributed by atoms with Gasteiger partial charge in [-0.2, -0.15) is 0 Å². The van der Waals surface area contributed by atoms with Gasteiger partial charge < -0.3 is 15.1 Å². The number of hydrogen-bond donors (Lipinski definition) is 1. The number of hydrogen-bond acceptors (Lipinski definition) is 2. The molecule has 4 nitrogen and oxygen atoms in total. The van der Waals surface area contributed by atoms with E-state index in [0.717, 1.165) is 45.4 Å². The van der Waals surface area contributed by atoms with Crippen molar-refractivity contribution in [1.82, 2.24) is 9.80 Å². The topological polar surface area (TPSA) is 35.6 Å². The Bertz CT molecular complexity index is 563. The van der Waals surface area contributed by atoms with Crippen LogP contribution in [0.25, 0.3) is 0 Å². The van der Waals surface area contributed by atoms with Gasteiger partial charge in [0.05, 0.1) is 5.69 Å². The summed E-state index contributed by atoms with van der Waals surface area (Å²) >= 11 is 5.75. The van der Waals surface area contributed by atoms with Crippen LogP contribution in [0, 0.1) is 5.82 Å². The van der Waals surface area contributed by atoms with E-state index < -0.39 is 5.82 Å². The average molecular weight is 340 g/mol. The molecule has 1 aromatic carbocycles. The summed E-state index contributed by atoms with van der Waals surface area (Å²) in [6, 6.07) is 4.31. The number of likely N-dealkylation sites (tertiary alicyclic amines) is 2. The highest BCUT2D eigenvalue weighted by atomic mass is 35.5. The van der Waals surface area contributed by atoms with Crippen molar-refractivity contribution in [2.45, 2.75) is 38.1 Å². The highest BCUT2D eigenvalue weighted by molar-refractivity contribution is 6.30. The molecule has 0 aromatic heterocycles. The van der Waals surface area contributed by atoms with Crippen LogP contribution in [0.4, 0.5) is 14.9 Å². The molecular formula is C17H23ClFN3O. The third-order valence-electron chi connectivity index (χ3n) is 4.73. The third kappa shape index (κ3) is 4.15. The number of piperidine rings is 1. The Hall–Kier alpha value is -1.33. The van der Waals surface area contributed by atoms with Crippen molar-refractivity contribution >= 4 is 23.3 Å². The molecule has 1 aromatic rings. The summed E-state index contributed by atoms with van der Waals surface area (Å²) in [5.41, 5.74) is 0.185. The molecule has 2 amide bonds. The zero-order chi connectivity index (χ0) is 16.2. The number of amides is 2. The van der Waals surface area contributed by atoms with Gasteiger partial charge in [-0.1, -0.05) is 11.6 Å². The fourth-order valence-corrected chi connectivity index (χ4v) is 3.66. The Morgan fingerprint density at radius 1 is 1.22 bits per heavy atom. The van der Waals surface area contributed by atoms with Gasteiger partial charge in [-0.05, 0) is 63.4 Å². The predicted molar refractivity (Wildman–Crippen MR) is 90.4 cm³/mol. The smallest absolute Gasteiger partial charge is 0.320 e. The van der Waals surface area contributed by atoms with E-state index in [1.165, 1.54) is 25.0 Å². The van der Waals surface area contributed by atoms with Crippen LogP contribution >= 0.6 is 11.6 Å². The lowest BCUT2D eigenvalue weighted by Gasteiger charge is -2.37. The average Bonchev–Trinajstić information content (AvgIpc) is 3.03. The van der Waals surface area contributed by atoms with Crippen molar-refractivity contribution in [2.75, 3.05) is 31.5 Å². The van der Waals surface area contributed by atoms with Crippen molar-refractivity contribution < 1.29 is 9.18 Å². The van der Waals surface area contributed by atoms with Gasteiger partial charge in [-0.25, -0.2) is 9.18 Å². The van der Waals surface area contributed by atoms with E-state index in [1.807, 2.05) is 4.90 Å². The molecule has 0 saturated carbocycles. The van der Waals surface area contributed by atoms with E-state index in [-0.39, 0.29) is 17.8 Å². The summed E-state index contributed by atoms with van der Waals surface area (Å²) in [5.74, 6) is -0.501. The zero-order valence-corrected chi connectivity index (χ0v) is 14.0. The lowest BCUT2D eigenvalue weighted by molar-refractivity contribution is 0.136. The fraction of sp³-hybridized carbons (Fsp3) is 0.588. The molecule has 126 valence electrons. The van der Waals surface area contributed by atoms with Crippen LogP contribution in [-0.2, 0) is 0 Å². The van der Waals surface area contributed by atoms with E-state index in [2.05, 4.69) is 10.2 Å². The number of nitrogens with one attached hydrogen (secondary N) is 1. The van der Waals surface area contributed by atoms with Crippen LogP contribution in [0.15, 0.2) is 18.2 Å². The fourth-order valence-electron chi connectivity index (χ4n) is 3.50. The normalized spacial score (nSPS) is 22.3. The number of carbonyl (C=O) groups excluding carboxylic acids is 1. The van der Waals surface area contributed by atoms with Crippen LogP contribution < -0.4 is 5.32 Å². The SMILES string of the molecule is O=C(Nc1ccc(Cl)cc1F)N1CCCC[C@H]1CN1CCCC1. The van der Waals surface area contributed by atoms with Crippen molar-refractivity contribution in [3.05, 3.63) is 29.0 Å². The summed E-state index contributed by atoms with van der Waals surface area (Å²) in [6.07, 6.45) is 5.67. The molecule has 23 heavy (non-hydrogen) atoms. The number of nitrogens with zero attached hydrogens (tertiary/aromatic N) is 2. The summed E-state index contributed by atoms with van der Waals surface area (Å²) in [5, 5.41) is 3.02. The Morgan fingerprint density at radius 3 is 2.70 bits per heavy atom. The van der Waals surface area contributed by atoms with Crippen LogP contribution in [0.1, 0.15) is 32.1 Å². The highest BCUT2D eigenvalue weighted by Gasteiger charge is 2.29. The van der Waals surface area contributed by atoms with E-state index in [4.69, 9.17) is 11.6 Å². The number of urea groups is 1. The van der Waals surface area contributed by atoms with Crippen molar-refractivity contribution in [3.8, 4) is 0 Å². The first kappa shape index (κ1) is 16.5. The lowest BCUT2D eigenvalue weighted by Crippen LogP contribution is -2.50. The van der Waals surface area contributed by atoms with E-state index in [1.54, 1.807) is 6.07 Å². The van der Waals surface area contributed by atoms with Gasteiger partial charge in [0.25, 0.3) is 0 Å². The largest absolute Gasteiger partial charge is 0.322 e. The lowest BCUT2D eigenvalue weighted by atomic mass is 10.0. The maximum Gasteiger partial charge on any atom is 0.322 e. The van der Waals surface area contributed by atoms with E-state index in [9.17, 15) is 9.18 Å². The molecular weight excluding hydrogens is 317 g/mol. The summed E-state index contributed by atoms with van der Waals surface area (Å²) in [7, 11) is 0. The molecule has 1 N–H and O–H groups in total. The van der Waals surface area contributed by atoms with Crippen LogP contribution in [0.3, 0.4) is 0 Å². The molecule has 3 rings (SSSR count). The first-order valence-electron chi connectivity index (χ1n) is 8.38. The Morgan fingerprint density at radius 2 is 1.96 bits per heavy atom. The Labute approximate surface area is 141 Å². The second-order valence-electron chi connectivity index (χ2n) is 6.41. The van der Waals surface area contributed by atoms with Gasteiger partial charge in [-0.15, -0.1) is 0 Å². The number of halogens is 2. The Kier molecular flexibility index (Phi) is 5.38. The molecule has 0 bridgehead atoms. The second kappa shape index (κ2) is 7.49. The van der Waals surface area contributed by atoms with Crippen LogP contribution in [0.2, 0.25) is 5.02 Å². The first-order valence-corrected chi connectivity index (χ1v) is 8.76. The van der Waals surface area contributed by atoms with E-state index >= 15 is 0 Å². The maximum absolute atomic E-state index is 13.9. The number of benzene rings is 1. The molecule has 2 fully saturated rings. The molecule has 2 saturated heterocycles. The predicted octanol–water partition coefficient (Wildman–Crippen LogP) is 3.96. The van der Waals surface area contributed by atoms with Crippen molar-refractivity contribution in [2.24, 2.45) is 0 Å². The number of rotatable bonds is 3. The minimum absolute atomic E-state index is 0.185. The standard InChI is InChI=1S/C17H23ClFN3O/c18-13-6-7-16(15(19)11-13)20-17(23)22-10-2-1-5-14(22)12-21-8-3-4-9-21/h6-7,11,14H,1-5,8-10,12H2,(H,20,23)/t14-/m0/s1. The zero-order valence-electron chi connectivity index (χ0n) is 13.2. The summed E-state index contributed by atoms with van der Waals surface area (Å²) < 4.78 is 13.9. The first-order chi connectivity index (χ1) is 11.1. The van der Waals surface area contributed by atoms with Gasteiger partial charge in [0.15, 0.2) is 0 Å². The summed E-state index contributed by atoms with van der Waals surface area (Å²) in [6.45, 7) is 3.91. The molecule has 0 spiro atoms. The maximum atomic E-state index is 13.9. The molecule has 0 aliphatic carbocycles. The quantitative estimate of drug-likeness (QED) is 0.904. The molecule has 0 unspecified atom stereocenters. The van der Waals surface area contributed by atoms with Gasteiger partial charge in [0.2, 0.25) is 0 Å². The molecule has 0 radical (unpaired) electrons. The van der Waals surface area contributed by atoms with E-state index in [0.29, 0.717) is 5.02 Å². The molecule has 2 aliphatic rings. The monoisotopic (exact) mass is 339 g/mol. The van der Waals surface area contributed by atoms with Crippen LogP contribution in [0.5, 0.6) is 0 Å². The second-order valence-corrected chi connectivity index (χ2v) is 6.84. The van der Waals surface area contributed by atoms with Gasteiger partial charge >= 0.3 is 6.03 Å². The molecule has 1 atom stereocenters. The molecule has 2 aliphatic heterocycles. The number of carbonyl (C=O) groups is 1. The highest BCUT2D eigenvalue weighted by Crippen LogP contribution is 2.23. The number of anilines is 1. The van der Waals surface area contributed by atoms with Crippen molar-refractivity contribution in [3.63, 3.8) is 0 Å². The van der Waals surface area contributed by atoms with Gasteiger partial charge in [0, 0.05) is 24.2 Å². The van der Waals surface area contributed by atoms with Gasteiger partial charge in [-0.3, -0.25) is 0 Å². The molecule has 2 heterocycles. The third-order valence-corrected chi connectivity index (χ3v) is 4.96. The summed E-state index contributed by atoms with van der Waals surface area (Å²) in [4.78, 5) is 16.9. The minimum Gasteiger partial charge on any atom is -0.320 e.